The van der Waals surface area contributed by atoms with E-state index in [1.807, 2.05) is 25.5 Å². The molecule has 1 aromatic rings. The number of aromatic nitrogens is 3. The fourth-order valence-corrected chi connectivity index (χ4v) is 2.62. The van der Waals surface area contributed by atoms with Crippen LogP contribution >= 0.6 is 11.8 Å². The molecule has 0 aromatic carbocycles. The summed E-state index contributed by atoms with van der Waals surface area (Å²) < 4.78 is 1.96. The molecular formula is C14H21N5OS. The van der Waals surface area contributed by atoms with Gasteiger partial charge < -0.3 is 9.88 Å². The second-order valence-corrected chi connectivity index (χ2v) is 6.92. The van der Waals surface area contributed by atoms with Crippen molar-refractivity contribution in [3.05, 3.63) is 5.82 Å². The maximum absolute atomic E-state index is 12.0. The molecule has 2 rings (SSSR count). The minimum absolute atomic E-state index is 0.0488. The van der Waals surface area contributed by atoms with E-state index in [9.17, 15) is 10.1 Å². The Balaban J connectivity index is 1.91. The number of rotatable bonds is 6. The zero-order valence-electron chi connectivity index (χ0n) is 12.9. The van der Waals surface area contributed by atoms with Gasteiger partial charge in [-0.3, -0.25) is 4.79 Å². The highest BCUT2D eigenvalue weighted by molar-refractivity contribution is 7.99. The lowest BCUT2D eigenvalue weighted by atomic mass is 9.90. The molecule has 0 spiro atoms. The Morgan fingerprint density at radius 3 is 2.76 bits per heavy atom. The molecule has 1 saturated carbocycles. The van der Waals surface area contributed by atoms with E-state index in [2.05, 4.69) is 21.6 Å². The van der Waals surface area contributed by atoms with E-state index in [4.69, 9.17) is 0 Å². The van der Waals surface area contributed by atoms with Crippen LogP contribution in [0.25, 0.3) is 0 Å². The first-order valence-corrected chi connectivity index (χ1v) is 8.10. The lowest BCUT2D eigenvalue weighted by molar-refractivity contribution is -0.120. The van der Waals surface area contributed by atoms with Gasteiger partial charge in [-0.25, -0.2) is 0 Å². The zero-order chi connectivity index (χ0) is 15.6. The van der Waals surface area contributed by atoms with Crippen LogP contribution in [-0.2, 0) is 11.8 Å². The third-order valence-electron chi connectivity index (χ3n) is 3.93. The molecule has 1 N–H and O–H groups in total. The summed E-state index contributed by atoms with van der Waals surface area (Å²) in [6.45, 7) is 5.58. The molecule has 1 heterocycles. The van der Waals surface area contributed by atoms with Gasteiger partial charge in [-0.15, -0.1) is 10.2 Å². The van der Waals surface area contributed by atoms with Crippen LogP contribution in [0.2, 0.25) is 0 Å². The Labute approximate surface area is 129 Å². The molecule has 0 bridgehead atoms. The standard InChI is InChI=1S/C14H21N5OS/c1-9(2)14(3,8-15)16-11(20)7-21-13-18-17-12(19(13)4)10-5-6-10/h9-10H,5-7H2,1-4H3,(H,16,20)/t14-/m0/s1. The normalized spacial score (nSPS) is 17.3. The van der Waals surface area contributed by atoms with Crippen LogP contribution in [0.15, 0.2) is 5.16 Å². The van der Waals surface area contributed by atoms with Gasteiger partial charge in [-0.1, -0.05) is 25.6 Å². The van der Waals surface area contributed by atoms with Crippen LogP contribution in [0.1, 0.15) is 45.4 Å². The Morgan fingerprint density at radius 2 is 2.24 bits per heavy atom. The molecule has 114 valence electrons. The Kier molecular flexibility index (Phi) is 4.57. The topological polar surface area (TPSA) is 83.6 Å². The highest BCUT2D eigenvalue weighted by Gasteiger charge is 2.31. The minimum Gasteiger partial charge on any atom is -0.337 e. The Morgan fingerprint density at radius 1 is 1.57 bits per heavy atom. The predicted molar refractivity (Wildman–Crippen MR) is 80.7 cm³/mol. The summed E-state index contributed by atoms with van der Waals surface area (Å²) in [5, 5.41) is 21.1. The molecule has 1 fully saturated rings. The molecule has 21 heavy (non-hydrogen) atoms. The summed E-state index contributed by atoms with van der Waals surface area (Å²) in [5.41, 5.74) is -0.837. The molecular weight excluding hydrogens is 286 g/mol. The molecule has 7 heteroatoms. The summed E-state index contributed by atoms with van der Waals surface area (Å²) in [5.74, 6) is 1.66. The molecule has 0 unspecified atom stereocenters. The second kappa shape index (κ2) is 6.06. The SMILES string of the molecule is CC(C)[C@](C)(C#N)NC(=O)CSc1nnc(C2CC2)n1C. The molecule has 0 saturated heterocycles. The fraction of sp³-hybridized carbons (Fsp3) is 0.714. The number of carbonyl (C=O) groups excluding carboxylic acids is 1. The lowest BCUT2D eigenvalue weighted by Gasteiger charge is -2.27. The molecule has 1 aliphatic rings. The highest BCUT2D eigenvalue weighted by atomic mass is 32.2. The van der Waals surface area contributed by atoms with Crippen LogP contribution in [-0.4, -0.2) is 32.0 Å². The van der Waals surface area contributed by atoms with Crippen molar-refractivity contribution in [3.8, 4) is 6.07 Å². The van der Waals surface area contributed by atoms with Crippen molar-refractivity contribution in [2.24, 2.45) is 13.0 Å². The van der Waals surface area contributed by atoms with Crippen molar-refractivity contribution in [2.45, 2.75) is 50.2 Å². The van der Waals surface area contributed by atoms with Crippen LogP contribution < -0.4 is 5.32 Å². The lowest BCUT2D eigenvalue weighted by Crippen LogP contribution is -2.49. The van der Waals surface area contributed by atoms with E-state index < -0.39 is 5.54 Å². The molecule has 1 aliphatic carbocycles. The summed E-state index contributed by atoms with van der Waals surface area (Å²) in [7, 11) is 1.93. The number of thioether (sulfide) groups is 1. The smallest absolute Gasteiger partial charge is 0.231 e. The maximum Gasteiger partial charge on any atom is 0.231 e. The van der Waals surface area contributed by atoms with E-state index in [1.54, 1.807) is 6.92 Å². The van der Waals surface area contributed by atoms with Crippen LogP contribution in [0.4, 0.5) is 0 Å². The highest BCUT2D eigenvalue weighted by Crippen LogP contribution is 2.39. The molecule has 6 nitrogen and oxygen atoms in total. The number of nitrogens with zero attached hydrogens (tertiary/aromatic N) is 4. The van der Waals surface area contributed by atoms with E-state index in [0.717, 1.165) is 11.0 Å². The first kappa shape index (κ1) is 15.8. The predicted octanol–water partition coefficient (Wildman–Crippen LogP) is 1.84. The Bertz CT molecular complexity index is 572. The summed E-state index contributed by atoms with van der Waals surface area (Å²) >= 11 is 1.35. The minimum atomic E-state index is -0.837. The third kappa shape index (κ3) is 3.56. The number of carbonyl (C=O) groups is 1. The van der Waals surface area contributed by atoms with E-state index >= 15 is 0 Å². The first-order valence-electron chi connectivity index (χ1n) is 7.11. The van der Waals surface area contributed by atoms with Gasteiger partial charge in [-0.2, -0.15) is 5.26 Å². The van der Waals surface area contributed by atoms with Gasteiger partial charge >= 0.3 is 0 Å². The third-order valence-corrected chi connectivity index (χ3v) is 4.95. The summed E-state index contributed by atoms with van der Waals surface area (Å²) in [6, 6.07) is 2.17. The molecule has 0 radical (unpaired) electrons. The second-order valence-electron chi connectivity index (χ2n) is 5.98. The van der Waals surface area contributed by atoms with Gasteiger partial charge in [0, 0.05) is 13.0 Å². The van der Waals surface area contributed by atoms with Crippen LogP contribution in [0.5, 0.6) is 0 Å². The number of nitrogens with one attached hydrogen (secondary N) is 1. The number of hydrogen-bond donors (Lipinski definition) is 1. The van der Waals surface area contributed by atoms with Crippen molar-refractivity contribution in [2.75, 3.05) is 5.75 Å². The van der Waals surface area contributed by atoms with Gasteiger partial charge in [0.15, 0.2) is 5.16 Å². The van der Waals surface area contributed by atoms with Gasteiger partial charge in [0.2, 0.25) is 5.91 Å². The van der Waals surface area contributed by atoms with Crippen molar-refractivity contribution in [3.63, 3.8) is 0 Å². The monoisotopic (exact) mass is 307 g/mol. The van der Waals surface area contributed by atoms with Crippen molar-refractivity contribution in [1.82, 2.24) is 20.1 Å². The van der Waals surface area contributed by atoms with Gasteiger partial charge in [0.25, 0.3) is 0 Å². The Hall–Kier alpha value is -1.55. The van der Waals surface area contributed by atoms with Gasteiger partial charge in [0.1, 0.15) is 11.4 Å². The van der Waals surface area contributed by atoms with E-state index in [0.29, 0.717) is 5.92 Å². The summed E-state index contributed by atoms with van der Waals surface area (Å²) in [6.07, 6.45) is 2.35. The van der Waals surface area contributed by atoms with Gasteiger partial charge in [0.05, 0.1) is 11.8 Å². The first-order chi connectivity index (χ1) is 9.87. The molecule has 0 aliphatic heterocycles. The van der Waals surface area contributed by atoms with Crippen molar-refractivity contribution >= 4 is 17.7 Å². The van der Waals surface area contributed by atoms with Crippen LogP contribution in [0.3, 0.4) is 0 Å². The number of nitriles is 1. The maximum atomic E-state index is 12.0. The average Bonchev–Trinajstić information content (AvgIpc) is 3.20. The zero-order valence-corrected chi connectivity index (χ0v) is 13.7. The van der Waals surface area contributed by atoms with E-state index in [-0.39, 0.29) is 17.6 Å². The molecule has 1 amide bonds. The number of hydrogen-bond acceptors (Lipinski definition) is 5. The van der Waals surface area contributed by atoms with Crippen molar-refractivity contribution < 1.29 is 4.79 Å². The largest absolute Gasteiger partial charge is 0.337 e. The fourth-order valence-electron chi connectivity index (χ4n) is 1.91. The van der Waals surface area contributed by atoms with Crippen LogP contribution in [0, 0.1) is 17.2 Å². The van der Waals surface area contributed by atoms with Crippen molar-refractivity contribution in [1.29, 1.82) is 5.26 Å². The summed E-state index contributed by atoms with van der Waals surface area (Å²) in [4.78, 5) is 12.0. The number of amides is 1. The van der Waals surface area contributed by atoms with Gasteiger partial charge in [-0.05, 0) is 25.7 Å². The molecule has 1 atom stereocenters. The van der Waals surface area contributed by atoms with E-state index in [1.165, 1.54) is 24.6 Å². The quantitative estimate of drug-likeness (QED) is 0.811. The average molecular weight is 307 g/mol. The molecule has 1 aromatic heterocycles.